The second kappa shape index (κ2) is 5.98. The van der Waals surface area contributed by atoms with Crippen LogP contribution in [0.5, 0.6) is 0 Å². The molecule has 3 atom stereocenters. The normalized spacial score (nSPS) is 23.9. The van der Waals surface area contributed by atoms with Gasteiger partial charge in [-0.2, -0.15) is 11.8 Å². The van der Waals surface area contributed by atoms with Crippen molar-refractivity contribution >= 4 is 46.0 Å². The highest BCUT2D eigenvalue weighted by atomic mass is 35.5. The van der Waals surface area contributed by atoms with Gasteiger partial charge in [0.1, 0.15) is 11.6 Å². The Morgan fingerprint density at radius 1 is 1.43 bits per heavy atom. The molecule has 2 nitrogen and oxygen atoms in total. The van der Waals surface area contributed by atoms with Crippen molar-refractivity contribution in [1.29, 1.82) is 0 Å². The van der Waals surface area contributed by atoms with Gasteiger partial charge >= 0.3 is 0 Å². The summed E-state index contributed by atoms with van der Waals surface area (Å²) in [5, 5.41) is 0.546. The third-order valence-electron chi connectivity index (χ3n) is 4.17. The molecule has 0 bridgehead atoms. The van der Waals surface area contributed by atoms with Crippen LogP contribution < -0.4 is 0 Å². The van der Waals surface area contributed by atoms with E-state index in [0.717, 1.165) is 29.7 Å². The van der Waals surface area contributed by atoms with E-state index in [1.54, 1.807) is 6.07 Å². The van der Waals surface area contributed by atoms with Gasteiger partial charge in [-0.25, -0.2) is 9.37 Å². The molecule has 1 aromatic carbocycles. The van der Waals surface area contributed by atoms with Crippen LogP contribution in [0, 0.1) is 5.82 Å². The molecule has 1 heterocycles. The van der Waals surface area contributed by atoms with Crippen molar-refractivity contribution in [2.45, 2.75) is 42.9 Å². The molecule has 0 N–H and O–H groups in total. The lowest BCUT2D eigenvalue weighted by Crippen LogP contribution is -2.11. The van der Waals surface area contributed by atoms with Crippen LogP contribution in [0.4, 0.5) is 4.39 Å². The smallest absolute Gasteiger partial charge is 0.144 e. The van der Waals surface area contributed by atoms with Gasteiger partial charge in [0.15, 0.2) is 0 Å². The zero-order chi connectivity index (χ0) is 15.1. The topological polar surface area (TPSA) is 17.8 Å². The number of halogens is 3. The number of alkyl halides is 1. The van der Waals surface area contributed by atoms with Crippen LogP contribution in [0.1, 0.15) is 43.4 Å². The molecule has 0 amide bonds. The van der Waals surface area contributed by atoms with Gasteiger partial charge in [0.25, 0.3) is 0 Å². The Morgan fingerprint density at radius 2 is 2.19 bits per heavy atom. The SMILES string of the molecule is CSC1CCC(n2c(C(C)Cl)nc3cc(Cl)c(F)cc32)C1. The van der Waals surface area contributed by atoms with E-state index in [4.69, 9.17) is 23.2 Å². The Bertz CT molecular complexity index is 671. The Labute approximate surface area is 138 Å². The van der Waals surface area contributed by atoms with E-state index in [2.05, 4.69) is 15.8 Å². The molecule has 6 heteroatoms. The monoisotopic (exact) mass is 346 g/mol. The first kappa shape index (κ1) is 15.4. The van der Waals surface area contributed by atoms with Gasteiger partial charge in [-0.05, 0) is 38.5 Å². The van der Waals surface area contributed by atoms with Gasteiger partial charge < -0.3 is 4.57 Å². The first-order chi connectivity index (χ1) is 10.0. The minimum absolute atomic E-state index is 0.106. The fourth-order valence-corrected chi connectivity index (χ4v) is 4.24. The number of fused-ring (bicyclic) bond motifs is 1. The van der Waals surface area contributed by atoms with Crippen LogP contribution in [-0.2, 0) is 0 Å². The molecule has 0 aliphatic heterocycles. The van der Waals surface area contributed by atoms with Crippen molar-refractivity contribution in [3.8, 4) is 0 Å². The Kier molecular flexibility index (Phi) is 4.40. The van der Waals surface area contributed by atoms with Crippen LogP contribution in [0.25, 0.3) is 11.0 Å². The Morgan fingerprint density at radius 3 is 2.81 bits per heavy atom. The summed E-state index contributed by atoms with van der Waals surface area (Å²) in [5.74, 6) is 0.401. The van der Waals surface area contributed by atoms with E-state index in [1.807, 2.05) is 18.7 Å². The second-order valence-electron chi connectivity index (χ2n) is 5.54. The highest BCUT2D eigenvalue weighted by Gasteiger charge is 2.29. The molecule has 0 saturated heterocycles. The Balaban J connectivity index is 2.14. The summed E-state index contributed by atoms with van der Waals surface area (Å²) in [6.07, 6.45) is 5.48. The summed E-state index contributed by atoms with van der Waals surface area (Å²) in [5.41, 5.74) is 1.52. The summed E-state index contributed by atoms with van der Waals surface area (Å²) in [6, 6.07) is 3.41. The molecule has 114 valence electrons. The van der Waals surface area contributed by atoms with Crippen LogP contribution >= 0.6 is 35.0 Å². The lowest BCUT2D eigenvalue weighted by atomic mass is 10.2. The standard InChI is InChI=1S/C15H17Cl2FN2S/c1-8(16)15-19-13-6-11(17)12(18)7-14(13)20(15)9-3-4-10(5-9)21-2/h6-10H,3-5H2,1-2H3. The number of nitrogens with zero attached hydrogens (tertiary/aromatic N) is 2. The maximum atomic E-state index is 13.9. The number of rotatable bonds is 3. The molecule has 2 aromatic rings. The quantitative estimate of drug-likeness (QED) is 0.674. The zero-order valence-electron chi connectivity index (χ0n) is 11.9. The highest BCUT2D eigenvalue weighted by molar-refractivity contribution is 7.99. The van der Waals surface area contributed by atoms with Crippen molar-refractivity contribution in [1.82, 2.24) is 9.55 Å². The van der Waals surface area contributed by atoms with E-state index < -0.39 is 5.82 Å². The molecule has 1 fully saturated rings. The maximum absolute atomic E-state index is 13.9. The molecule has 21 heavy (non-hydrogen) atoms. The molecule has 3 rings (SSSR count). The fourth-order valence-electron chi connectivity index (χ4n) is 3.14. The Hall–Kier alpha value is -0.450. The summed E-state index contributed by atoms with van der Waals surface area (Å²) in [6.45, 7) is 1.90. The molecular formula is C15H17Cl2FN2S. The van der Waals surface area contributed by atoms with E-state index in [-0.39, 0.29) is 10.4 Å². The molecule has 0 radical (unpaired) electrons. The van der Waals surface area contributed by atoms with Crippen molar-refractivity contribution in [3.63, 3.8) is 0 Å². The minimum atomic E-state index is -0.404. The maximum Gasteiger partial charge on any atom is 0.144 e. The summed E-state index contributed by atoms with van der Waals surface area (Å²) >= 11 is 14.1. The summed E-state index contributed by atoms with van der Waals surface area (Å²) < 4.78 is 16.0. The molecule has 1 saturated carbocycles. The second-order valence-corrected chi connectivity index (χ2v) is 7.74. The van der Waals surface area contributed by atoms with Gasteiger partial charge in [0.05, 0.1) is 21.4 Å². The first-order valence-corrected chi connectivity index (χ1v) is 9.15. The number of aromatic nitrogens is 2. The number of imidazole rings is 1. The molecule has 0 spiro atoms. The van der Waals surface area contributed by atoms with E-state index >= 15 is 0 Å². The van der Waals surface area contributed by atoms with Crippen LogP contribution in [0.2, 0.25) is 5.02 Å². The van der Waals surface area contributed by atoms with Crippen molar-refractivity contribution < 1.29 is 4.39 Å². The van der Waals surface area contributed by atoms with E-state index in [1.165, 1.54) is 12.5 Å². The fraction of sp³-hybridized carbons (Fsp3) is 0.533. The third-order valence-corrected chi connectivity index (χ3v) is 5.75. The van der Waals surface area contributed by atoms with Gasteiger partial charge in [0.2, 0.25) is 0 Å². The zero-order valence-corrected chi connectivity index (χ0v) is 14.3. The predicted octanol–water partition coefficient (Wildman–Crippen LogP) is 5.59. The average Bonchev–Trinajstić information content (AvgIpc) is 3.03. The largest absolute Gasteiger partial charge is 0.323 e. The van der Waals surface area contributed by atoms with Crippen LogP contribution in [0.3, 0.4) is 0 Å². The molecule has 1 aromatic heterocycles. The number of thioether (sulfide) groups is 1. The highest BCUT2D eigenvalue weighted by Crippen LogP contribution is 2.40. The lowest BCUT2D eigenvalue weighted by Gasteiger charge is -2.18. The van der Waals surface area contributed by atoms with Crippen LogP contribution in [-0.4, -0.2) is 21.1 Å². The van der Waals surface area contributed by atoms with Gasteiger partial charge in [-0.15, -0.1) is 11.6 Å². The lowest BCUT2D eigenvalue weighted by molar-refractivity contribution is 0.510. The van der Waals surface area contributed by atoms with Crippen molar-refractivity contribution in [2.24, 2.45) is 0 Å². The third kappa shape index (κ3) is 2.78. The van der Waals surface area contributed by atoms with E-state index in [9.17, 15) is 4.39 Å². The first-order valence-electron chi connectivity index (χ1n) is 7.05. The van der Waals surface area contributed by atoms with E-state index in [0.29, 0.717) is 11.3 Å². The van der Waals surface area contributed by atoms with Crippen molar-refractivity contribution in [3.05, 3.63) is 28.8 Å². The predicted molar refractivity (Wildman–Crippen MR) is 89.2 cm³/mol. The van der Waals surface area contributed by atoms with Gasteiger partial charge in [0, 0.05) is 17.4 Å². The number of hydrogen-bond donors (Lipinski definition) is 0. The number of hydrogen-bond acceptors (Lipinski definition) is 2. The summed E-state index contributed by atoms with van der Waals surface area (Å²) in [4.78, 5) is 4.58. The summed E-state index contributed by atoms with van der Waals surface area (Å²) in [7, 11) is 0. The van der Waals surface area contributed by atoms with Gasteiger partial charge in [-0.1, -0.05) is 11.6 Å². The van der Waals surface area contributed by atoms with Crippen LogP contribution in [0.15, 0.2) is 12.1 Å². The number of benzene rings is 1. The minimum Gasteiger partial charge on any atom is -0.323 e. The van der Waals surface area contributed by atoms with Crippen molar-refractivity contribution in [2.75, 3.05) is 6.26 Å². The van der Waals surface area contributed by atoms with Gasteiger partial charge in [-0.3, -0.25) is 0 Å². The molecule has 1 aliphatic carbocycles. The molecule has 3 unspecified atom stereocenters. The molecular weight excluding hydrogens is 330 g/mol. The molecule has 1 aliphatic rings. The average molecular weight is 347 g/mol.